The van der Waals surface area contributed by atoms with E-state index < -0.39 is 34.8 Å². The lowest BCUT2D eigenvalue weighted by Crippen LogP contribution is -2.50. The Labute approximate surface area is 257 Å². The number of allylic oxidation sites excluding steroid dienone is 2. The molecule has 4 atom stereocenters. The first-order valence-electron chi connectivity index (χ1n) is 14.2. The summed E-state index contributed by atoms with van der Waals surface area (Å²) in [5.41, 5.74) is 6.85. The lowest BCUT2D eigenvalue weighted by atomic mass is 10.1. The zero-order chi connectivity index (χ0) is 30.5. The number of aliphatic carboxylic acids is 1. The number of fused-ring (bicyclic) bond motifs is 1. The summed E-state index contributed by atoms with van der Waals surface area (Å²) in [5, 5.41) is 15.3. The molecule has 0 fully saturated rings. The largest absolute Gasteiger partial charge is 0.480 e. The van der Waals surface area contributed by atoms with Gasteiger partial charge in [-0.2, -0.15) is 0 Å². The van der Waals surface area contributed by atoms with E-state index >= 15 is 0 Å². The molecule has 0 aromatic heterocycles. The number of carboxylic acids is 1. The van der Waals surface area contributed by atoms with E-state index in [-0.39, 0.29) is 11.0 Å². The van der Waals surface area contributed by atoms with Gasteiger partial charge in [-0.05, 0) is 55.2 Å². The van der Waals surface area contributed by atoms with Crippen LogP contribution in [0.3, 0.4) is 0 Å². The van der Waals surface area contributed by atoms with Gasteiger partial charge in [0, 0.05) is 33.3 Å². The van der Waals surface area contributed by atoms with Gasteiger partial charge in [0.25, 0.3) is 0 Å². The van der Waals surface area contributed by atoms with E-state index in [1.54, 1.807) is 5.41 Å². The normalized spacial score (nSPS) is 15.2. The van der Waals surface area contributed by atoms with Crippen molar-refractivity contribution in [1.29, 1.82) is 0 Å². The molecule has 1 aromatic rings. The van der Waals surface area contributed by atoms with Gasteiger partial charge in [0.15, 0.2) is 11.5 Å². The van der Waals surface area contributed by atoms with E-state index in [1.807, 2.05) is 49.6 Å². The molecule has 0 bridgehead atoms. The van der Waals surface area contributed by atoms with E-state index in [2.05, 4.69) is 19.2 Å². The molecule has 8 nitrogen and oxygen atoms in total. The van der Waals surface area contributed by atoms with Crippen LogP contribution >= 0.6 is 23.5 Å². The number of rotatable bonds is 19. The van der Waals surface area contributed by atoms with E-state index in [0.717, 1.165) is 30.1 Å². The first-order chi connectivity index (χ1) is 19.7. The van der Waals surface area contributed by atoms with Crippen LogP contribution in [0.5, 0.6) is 11.5 Å². The number of nitrogens with two attached hydrogens (primary N) is 1. The number of amides is 1. The summed E-state index contributed by atoms with van der Waals surface area (Å²) in [4.78, 5) is 22.7. The van der Waals surface area contributed by atoms with Crippen molar-refractivity contribution in [3.05, 3.63) is 46.7 Å². The molecule has 0 saturated carbocycles. The Kier molecular flexibility index (Phi) is 20.5. The van der Waals surface area contributed by atoms with Gasteiger partial charge in [-0.25, -0.2) is 4.79 Å². The van der Waals surface area contributed by atoms with Crippen molar-refractivity contribution in [2.24, 2.45) is 5.73 Å². The van der Waals surface area contributed by atoms with Crippen LogP contribution in [-0.2, 0) is 26.8 Å². The molecule has 0 aliphatic carbocycles. The highest BCUT2D eigenvalue weighted by Gasteiger charge is 2.22. The highest BCUT2D eigenvalue weighted by atomic mass is 32.2. The van der Waals surface area contributed by atoms with E-state index in [9.17, 15) is 13.8 Å². The number of unbranched alkanes of at least 4 members (excludes halogenated alkanes) is 5. The van der Waals surface area contributed by atoms with Gasteiger partial charge in [0.05, 0.1) is 6.04 Å². The summed E-state index contributed by atoms with van der Waals surface area (Å²) in [6, 6.07) is 4.37. The zero-order valence-corrected chi connectivity index (χ0v) is 27.3. The molecule has 0 saturated heterocycles. The van der Waals surface area contributed by atoms with Gasteiger partial charge in [0.2, 0.25) is 12.7 Å². The molecular formula is C30H48N2O6S3. The number of ether oxygens (including phenoxy) is 2. The second kappa shape index (κ2) is 22.6. The van der Waals surface area contributed by atoms with Crippen LogP contribution in [0.25, 0.3) is 0 Å². The fraction of sp³-hybridized carbons (Fsp3) is 0.600. The minimum Gasteiger partial charge on any atom is -0.480 e. The van der Waals surface area contributed by atoms with E-state index in [4.69, 9.17) is 20.3 Å². The number of hydrogen-bond acceptors (Lipinski definition) is 8. The number of thioether (sulfide) groups is 2. The highest BCUT2D eigenvalue weighted by Crippen LogP contribution is 2.33. The monoisotopic (exact) mass is 628 g/mol. The van der Waals surface area contributed by atoms with Gasteiger partial charge in [-0.3, -0.25) is 9.00 Å². The first kappa shape index (κ1) is 37.1. The molecular weight excluding hydrogens is 581 g/mol. The van der Waals surface area contributed by atoms with Crippen LogP contribution in [0.4, 0.5) is 0 Å². The third kappa shape index (κ3) is 16.3. The molecule has 1 aromatic carbocycles. The highest BCUT2D eigenvalue weighted by molar-refractivity contribution is 8.02. The molecule has 1 aliphatic rings. The molecule has 1 heterocycles. The van der Waals surface area contributed by atoms with Crippen LogP contribution < -0.4 is 20.5 Å². The third-order valence-corrected chi connectivity index (χ3v) is 9.82. The van der Waals surface area contributed by atoms with Crippen LogP contribution in [0.15, 0.2) is 41.2 Å². The number of nitrogens with one attached hydrogen (secondary N) is 1. The van der Waals surface area contributed by atoms with Gasteiger partial charge in [-0.15, -0.1) is 23.5 Å². The predicted molar refractivity (Wildman–Crippen MR) is 174 cm³/mol. The molecule has 0 spiro atoms. The van der Waals surface area contributed by atoms with Crippen molar-refractivity contribution in [3.63, 3.8) is 0 Å². The Bertz CT molecular complexity index is 989. The average Bonchev–Trinajstić information content (AvgIpc) is 3.42. The third-order valence-electron chi connectivity index (χ3n) is 6.06. The molecule has 11 heteroatoms. The van der Waals surface area contributed by atoms with Crippen LogP contribution in [-0.4, -0.2) is 62.6 Å². The summed E-state index contributed by atoms with van der Waals surface area (Å²) in [6.07, 6.45) is 12.0. The number of carboxylic acid groups (broad SMARTS) is 1. The Morgan fingerprint density at radius 1 is 1.05 bits per heavy atom. The van der Waals surface area contributed by atoms with Crippen molar-refractivity contribution in [2.45, 2.75) is 90.0 Å². The number of hydrogen-bond donors (Lipinski definition) is 3. The van der Waals surface area contributed by atoms with E-state index in [1.165, 1.54) is 61.2 Å². The topological polar surface area (TPSA) is 128 Å². The van der Waals surface area contributed by atoms with Gasteiger partial charge in [0.1, 0.15) is 6.04 Å². The Balaban J connectivity index is 0.000000416. The molecule has 1 aliphatic heterocycles. The lowest BCUT2D eigenvalue weighted by molar-refractivity contribution is -0.141. The fourth-order valence-electron chi connectivity index (χ4n) is 3.75. The second-order valence-electron chi connectivity index (χ2n) is 9.67. The number of benzene rings is 1. The van der Waals surface area contributed by atoms with Crippen molar-refractivity contribution in [1.82, 2.24) is 5.32 Å². The van der Waals surface area contributed by atoms with Crippen LogP contribution in [0.2, 0.25) is 0 Å². The first-order valence-corrected chi connectivity index (χ1v) is 17.7. The molecule has 1 amide bonds. The maximum absolute atomic E-state index is 12.3. The molecule has 41 heavy (non-hydrogen) atoms. The maximum Gasteiger partial charge on any atom is 0.327 e. The Morgan fingerprint density at radius 2 is 1.68 bits per heavy atom. The number of carbonyl (C=O) groups excluding carboxylic acids is 1. The summed E-state index contributed by atoms with van der Waals surface area (Å²) >= 11 is 2.75. The summed E-state index contributed by atoms with van der Waals surface area (Å²) in [5.74, 6) is 1.66. The minimum absolute atomic E-state index is 0.191. The van der Waals surface area contributed by atoms with Gasteiger partial charge in [-0.1, -0.05) is 64.2 Å². The minimum atomic E-state index is -1.06. The van der Waals surface area contributed by atoms with Crippen molar-refractivity contribution >= 4 is 46.2 Å². The summed E-state index contributed by atoms with van der Waals surface area (Å²) in [6.45, 7) is 8.33. The smallest absolute Gasteiger partial charge is 0.327 e. The average molecular weight is 629 g/mol. The zero-order valence-electron chi connectivity index (χ0n) is 24.8. The van der Waals surface area contributed by atoms with Crippen molar-refractivity contribution < 1.29 is 28.4 Å². The maximum atomic E-state index is 12.3. The Hall–Kier alpha value is -1.95. The lowest BCUT2D eigenvalue weighted by Gasteiger charge is -2.16. The summed E-state index contributed by atoms with van der Waals surface area (Å²) in [7, 11) is -0.743. The molecule has 0 radical (unpaired) electrons. The van der Waals surface area contributed by atoms with Gasteiger partial charge >= 0.3 is 5.97 Å². The standard InChI is InChI=1S/C18H28O3S.C12H20N2O3S2/c1-3-4-5-6-7-8-11-22(19)15(2)12-16-9-10-17-18(13-16)21-14-20-17;1-3-5-18-7-9(13)11(15)14-10(12(16)17)8-19-6-4-2/h9-10,13,15H,3-8,11-12,14H2,1-2H3;3-6,9-10H,7-8,13H2,1-2H3,(H,14,15)(H,16,17)/b;5-3-,6-4-/t;9-,10-/m.0/s1. The van der Waals surface area contributed by atoms with E-state index in [0.29, 0.717) is 12.5 Å². The van der Waals surface area contributed by atoms with Crippen molar-refractivity contribution in [2.75, 3.05) is 24.1 Å². The quantitative estimate of drug-likeness (QED) is 0.161. The summed E-state index contributed by atoms with van der Waals surface area (Å²) < 4.78 is 23.0. The van der Waals surface area contributed by atoms with Crippen LogP contribution in [0, 0.1) is 0 Å². The molecule has 2 unspecified atom stereocenters. The Morgan fingerprint density at radius 3 is 2.34 bits per heavy atom. The van der Waals surface area contributed by atoms with Crippen molar-refractivity contribution in [3.8, 4) is 11.5 Å². The van der Waals surface area contributed by atoms with Crippen LogP contribution in [0.1, 0.15) is 71.8 Å². The molecule has 4 N–H and O–H groups in total. The second-order valence-corrected chi connectivity index (χ2v) is 13.5. The molecule has 232 valence electrons. The SMILES string of the molecule is C/C=C\SC[C@H](NC(=O)[C@@H](N)CS/C=C\C)C(=O)O.CCCCCCCCS(=O)C(C)Cc1ccc2c(c1)OCO2. The fourth-order valence-corrected chi connectivity index (χ4v) is 6.40. The van der Waals surface area contributed by atoms with Gasteiger partial charge < -0.3 is 25.6 Å². The number of carbonyl (C=O) groups is 2. The predicted octanol–water partition coefficient (Wildman–Crippen LogP) is 5.87. The molecule has 2 rings (SSSR count).